The number of anilines is 2. The standard InChI is InChI=1S/C25H22N2O3S/c1-2-14-30-19-9-5-8-18(16-19)27-24(28)22(21-11-6-15-31-21)23(25(27)29)26-13-12-17-7-3-4-10-20(17)26/h3-11,15-16H,2,12-14H2,1H3. The maximum absolute atomic E-state index is 13.7. The molecular formula is C25H22N2O3S. The Hall–Kier alpha value is -3.38. The molecule has 2 aromatic carbocycles. The lowest BCUT2D eigenvalue weighted by Gasteiger charge is -2.22. The Morgan fingerprint density at radius 1 is 1.00 bits per heavy atom. The van der Waals surface area contributed by atoms with Gasteiger partial charge in [0.25, 0.3) is 11.8 Å². The van der Waals surface area contributed by atoms with Gasteiger partial charge in [-0.15, -0.1) is 11.3 Å². The number of imide groups is 1. The Kier molecular flexibility index (Phi) is 5.08. The third-order valence-corrected chi connectivity index (χ3v) is 6.42. The number of rotatable bonds is 6. The SMILES string of the molecule is CCCOc1cccc(N2C(=O)C(c3cccs3)=C(N3CCc4ccccc43)C2=O)c1. The van der Waals surface area contributed by atoms with Crippen LogP contribution in [-0.4, -0.2) is 25.0 Å². The van der Waals surface area contributed by atoms with Gasteiger partial charge < -0.3 is 9.64 Å². The van der Waals surface area contributed by atoms with E-state index in [-0.39, 0.29) is 11.8 Å². The fraction of sp³-hybridized carbons (Fsp3) is 0.200. The predicted octanol–water partition coefficient (Wildman–Crippen LogP) is 4.88. The number of amides is 2. The first kappa shape index (κ1) is 19.6. The monoisotopic (exact) mass is 430 g/mol. The lowest BCUT2D eigenvalue weighted by molar-refractivity contribution is -0.120. The van der Waals surface area contributed by atoms with Crippen LogP contribution in [0.25, 0.3) is 5.57 Å². The van der Waals surface area contributed by atoms with E-state index in [2.05, 4.69) is 6.07 Å². The number of nitrogens with zero attached hydrogens (tertiary/aromatic N) is 2. The first-order valence-corrected chi connectivity index (χ1v) is 11.3. The largest absolute Gasteiger partial charge is 0.494 e. The van der Waals surface area contributed by atoms with E-state index in [1.54, 1.807) is 12.1 Å². The molecule has 0 unspecified atom stereocenters. The van der Waals surface area contributed by atoms with Crippen molar-refractivity contribution in [3.05, 3.63) is 82.2 Å². The first-order chi connectivity index (χ1) is 15.2. The molecule has 0 atom stereocenters. The van der Waals surface area contributed by atoms with Gasteiger partial charge in [0.05, 0.1) is 17.9 Å². The number of fused-ring (bicyclic) bond motifs is 1. The number of carbonyl (C=O) groups excluding carboxylic acids is 2. The van der Waals surface area contributed by atoms with Gasteiger partial charge in [-0.1, -0.05) is 37.3 Å². The highest BCUT2D eigenvalue weighted by atomic mass is 32.1. The Bertz CT molecular complexity index is 1180. The van der Waals surface area contributed by atoms with Crippen LogP contribution in [0, 0.1) is 0 Å². The molecule has 0 radical (unpaired) electrons. The van der Waals surface area contributed by atoms with Gasteiger partial charge in [0, 0.05) is 23.2 Å². The van der Waals surface area contributed by atoms with Crippen LogP contribution in [0.5, 0.6) is 5.75 Å². The molecule has 0 fully saturated rings. The zero-order valence-electron chi connectivity index (χ0n) is 17.2. The second-order valence-corrected chi connectivity index (χ2v) is 8.47. The zero-order chi connectivity index (χ0) is 21.4. The molecule has 3 heterocycles. The third-order valence-electron chi connectivity index (χ3n) is 5.53. The van der Waals surface area contributed by atoms with E-state index in [4.69, 9.17) is 4.74 Å². The van der Waals surface area contributed by atoms with E-state index in [0.29, 0.717) is 35.9 Å². The van der Waals surface area contributed by atoms with Crippen molar-refractivity contribution in [3.8, 4) is 5.75 Å². The Balaban J connectivity index is 1.59. The van der Waals surface area contributed by atoms with Gasteiger partial charge in [-0.3, -0.25) is 9.59 Å². The summed E-state index contributed by atoms with van der Waals surface area (Å²) in [6.45, 7) is 3.30. The Morgan fingerprint density at radius 3 is 2.68 bits per heavy atom. The molecule has 0 spiro atoms. The summed E-state index contributed by atoms with van der Waals surface area (Å²) in [4.78, 5) is 31.4. The lowest BCUT2D eigenvalue weighted by atomic mass is 10.1. The minimum atomic E-state index is -0.294. The van der Waals surface area contributed by atoms with E-state index in [1.165, 1.54) is 21.8 Å². The molecule has 0 bridgehead atoms. The molecule has 3 aromatic rings. The molecule has 5 nitrogen and oxygen atoms in total. The summed E-state index contributed by atoms with van der Waals surface area (Å²) in [6.07, 6.45) is 1.73. The Labute approximate surface area is 185 Å². The minimum Gasteiger partial charge on any atom is -0.494 e. The zero-order valence-corrected chi connectivity index (χ0v) is 18.0. The highest BCUT2D eigenvalue weighted by Crippen LogP contribution is 2.41. The van der Waals surface area contributed by atoms with Crippen molar-refractivity contribution in [2.45, 2.75) is 19.8 Å². The molecule has 0 aliphatic carbocycles. The van der Waals surface area contributed by atoms with Crippen LogP contribution in [-0.2, 0) is 16.0 Å². The van der Waals surface area contributed by atoms with Crippen molar-refractivity contribution in [2.75, 3.05) is 23.0 Å². The van der Waals surface area contributed by atoms with Gasteiger partial charge in [-0.25, -0.2) is 4.90 Å². The highest BCUT2D eigenvalue weighted by Gasteiger charge is 2.44. The van der Waals surface area contributed by atoms with Crippen LogP contribution in [0.3, 0.4) is 0 Å². The van der Waals surface area contributed by atoms with Gasteiger partial charge in [-0.05, 0) is 48.1 Å². The summed E-state index contributed by atoms with van der Waals surface area (Å²) in [5.74, 6) is 0.0646. The van der Waals surface area contributed by atoms with Crippen molar-refractivity contribution in [2.24, 2.45) is 0 Å². The van der Waals surface area contributed by atoms with E-state index in [0.717, 1.165) is 23.4 Å². The molecular weight excluding hydrogens is 408 g/mol. The number of ether oxygens (including phenoxy) is 1. The molecule has 156 valence electrons. The third kappa shape index (κ3) is 3.33. The van der Waals surface area contributed by atoms with Crippen molar-refractivity contribution in [1.82, 2.24) is 0 Å². The molecule has 0 N–H and O–H groups in total. The summed E-state index contributed by atoms with van der Waals surface area (Å²) >= 11 is 1.47. The molecule has 0 saturated heterocycles. The van der Waals surface area contributed by atoms with Gasteiger partial charge in [0.1, 0.15) is 11.4 Å². The lowest BCUT2D eigenvalue weighted by Crippen LogP contribution is -2.34. The predicted molar refractivity (Wildman–Crippen MR) is 123 cm³/mol. The first-order valence-electron chi connectivity index (χ1n) is 10.4. The minimum absolute atomic E-state index is 0.292. The van der Waals surface area contributed by atoms with E-state index in [1.807, 2.05) is 59.7 Å². The fourth-order valence-corrected chi connectivity index (χ4v) is 4.91. The summed E-state index contributed by atoms with van der Waals surface area (Å²) in [6, 6.07) is 19.1. The van der Waals surface area contributed by atoms with Gasteiger partial charge in [-0.2, -0.15) is 0 Å². The Morgan fingerprint density at radius 2 is 1.87 bits per heavy atom. The maximum atomic E-state index is 13.7. The van der Waals surface area contributed by atoms with Gasteiger partial charge >= 0.3 is 0 Å². The fourth-order valence-electron chi connectivity index (χ4n) is 4.15. The van der Waals surface area contributed by atoms with E-state index in [9.17, 15) is 9.59 Å². The van der Waals surface area contributed by atoms with Crippen LogP contribution in [0.15, 0.2) is 71.7 Å². The summed E-state index contributed by atoms with van der Waals surface area (Å²) in [7, 11) is 0. The molecule has 2 aliphatic rings. The number of thiophene rings is 1. The highest BCUT2D eigenvalue weighted by molar-refractivity contribution is 7.11. The van der Waals surface area contributed by atoms with Gasteiger partial charge in [0.2, 0.25) is 0 Å². The summed E-state index contributed by atoms with van der Waals surface area (Å²) in [5, 5.41) is 1.93. The molecule has 1 aromatic heterocycles. The van der Waals surface area contributed by atoms with Gasteiger partial charge in [0.15, 0.2) is 0 Å². The number of benzene rings is 2. The van der Waals surface area contributed by atoms with E-state index < -0.39 is 0 Å². The van der Waals surface area contributed by atoms with Crippen molar-refractivity contribution in [1.29, 1.82) is 0 Å². The molecule has 6 heteroatoms. The maximum Gasteiger partial charge on any atom is 0.282 e. The molecule has 0 saturated carbocycles. The van der Waals surface area contributed by atoms with Crippen molar-refractivity contribution in [3.63, 3.8) is 0 Å². The van der Waals surface area contributed by atoms with Crippen LogP contribution >= 0.6 is 11.3 Å². The van der Waals surface area contributed by atoms with Crippen LogP contribution < -0.4 is 14.5 Å². The van der Waals surface area contributed by atoms with Crippen molar-refractivity contribution >= 4 is 40.1 Å². The van der Waals surface area contributed by atoms with Crippen molar-refractivity contribution < 1.29 is 14.3 Å². The quantitative estimate of drug-likeness (QED) is 0.523. The molecule has 2 aliphatic heterocycles. The van der Waals surface area contributed by atoms with Crippen LogP contribution in [0.4, 0.5) is 11.4 Å². The summed E-state index contributed by atoms with van der Waals surface area (Å²) in [5.41, 5.74) is 3.64. The number of carbonyl (C=O) groups is 2. The summed E-state index contributed by atoms with van der Waals surface area (Å²) < 4.78 is 5.73. The van der Waals surface area contributed by atoms with E-state index >= 15 is 0 Å². The molecule has 5 rings (SSSR count). The number of hydrogen-bond donors (Lipinski definition) is 0. The number of para-hydroxylation sites is 1. The van der Waals surface area contributed by atoms with Crippen LogP contribution in [0.1, 0.15) is 23.8 Å². The average Bonchev–Trinajstić information content (AvgIpc) is 3.50. The second kappa shape index (κ2) is 8.04. The topological polar surface area (TPSA) is 49.9 Å². The average molecular weight is 431 g/mol. The molecule has 31 heavy (non-hydrogen) atoms. The second-order valence-electron chi connectivity index (χ2n) is 7.52. The number of hydrogen-bond acceptors (Lipinski definition) is 5. The van der Waals surface area contributed by atoms with Crippen LogP contribution in [0.2, 0.25) is 0 Å². The smallest absolute Gasteiger partial charge is 0.282 e. The molecule has 2 amide bonds. The normalized spacial score (nSPS) is 15.8.